The molecule has 0 spiro atoms. The first-order valence-corrected chi connectivity index (χ1v) is 5.94. The second-order valence-corrected chi connectivity index (χ2v) is 3.96. The van der Waals surface area contributed by atoms with Crippen LogP contribution in [0.25, 0.3) is 0 Å². The fourth-order valence-electron chi connectivity index (χ4n) is 1.56. The van der Waals surface area contributed by atoms with Crippen molar-refractivity contribution in [3.05, 3.63) is 53.4 Å². The SMILES string of the molecule is NCC#Cc1ccc(C(=O)NCc2cnc[nH]2)cc1F. The van der Waals surface area contributed by atoms with Crippen LogP contribution in [-0.4, -0.2) is 22.4 Å². The number of hydrogen-bond donors (Lipinski definition) is 3. The molecule has 0 aliphatic rings. The standard InChI is InChI=1S/C14H13FN4O/c15-13-6-11(4-3-10(13)2-1-5-16)14(20)18-8-12-7-17-9-19-12/h3-4,6-7,9H,5,8,16H2,(H,17,19)(H,18,20). The van der Waals surface area contributed by atoms with E-state index in [1.54, 1.807) is 6.20 Å². The molecular weight excluding hydrogens is 259 g/mol. The van der Waals surface area contributed by atoms with Crippen LogP contribution >= 0.6 is 0 Å². The Morgan fingerprint density at radius 2 is 2.35 bits per heavy atom. The summed E-state index contributed by atoms with van der Waals surface area (Å²) in [6, 6.07) is 4.14. The lowest BCUT2D eigenvalue weighted by Gasteiger charge is -2.04. The fraction of sp³-hybridized carbons (Fsp3) is 0.143. The Bertz CT molecular complexity index is 656. The third-order valence-electron chi connectivity index (χ3n) is 2.55. The molecule has 5 nitrogen and oxygen atoms in total. The Kier molecular flexibility index (Phi) is 4.47. The maximum Gasteiger partial charge on any atom is 0.251 e. The van der Waals surface area contributed by atoms with E-state index >= 15 is 0 Å². The molecule has 1 aromatic heterocycles. The average Bonchev–Trinajstić information content (AvgIpc) is 2.96. The molecule has 0 aliphatic carbocycles. The van der Waals surface area contributed by atoms with Crippen molar-refractivity contribution in [2.75, 3.05) is 6.54 Å². The minimum absolute atomic E-state index is 0.159. The van der Waals surface area contributed by atoms with Crippen LogP contribution in [0, 0.1) is 17.7 Å². The number of carbonyl (C=O) groups excluding carboxylic acids is 1. The number of halogens is 1. The van der Waals surface area contributed by atoms with Crippen molar-refractivity contribution in [1.82, 2.24) is 15.3 Å². The third-order valence-corrected chi connectivity index (χ3v) is 2.55. The molecule has 20 heavy (non-hydrogen) atoms. The molecule has 1 amide bonds. The summed E-state index contributed by atoms with van der Waals surface area (Å²) < 4.78 is 13.7. The zero-order valence-corrected chi connectivity index (χ0v) is 10.6. The Hall–Kier alpha value is -2.65. The van der Waals surface area contributed by atoms with Crippen molar-refractivity contribution in [1.29, 1.82) is 0 Å². The topological polar surface area (TPSA) is 83.8 Å². The summed E-state index contributed by atoms with van der Waals surface area (Å²) in [7, 11) is 0. The highest BCUT2D eigenvalue weighted by molar-refractivity contribution is 5.94. The molecule has 4 N–H and O–H groups in total. The summed E-state index contributed by atoms with van der Waals surface area (Å²) in [6.45, 7) is 0.459. The summed E-state index contributed by atoms with van der Waals surface area (Å²) in [5.41, 5.74) is 6.45. The van der Waals surface area contributed by atoms with Crippen LogP contribution in [0.2, 0.25) is 0 Å². The molecular formula is C14H13FN4O. The van der Waals surface area contributed by atoms with E-state index in [0.717, 1.165) is 11.8 Å². The minimum atomic E-state index is -0.542. The molecule has 0 radical (unpaired) electrons. The second kappa shape index (κ2) is 6.50. The van der Waals surface area contributed by atoms with Gasteiger partial charge in [-0.3, -0.25) is 4.79 Å². The Morgan fingerprint density at radius 1 is 1.50 bits per heavy atom. The monoisotopic (exact) mass is 272 g/mol. The maximum atomic E-state index is 13.7. The average molecular weight is 272 g/mol. The quantitative estimate of drug-likeness (QED) is 0.722. The van der Waals surface area contributed by atoms with Crippen LogP contribution in [0.15, 0.2) is 30.7 Å². The van der Waals surface area contributed by atoms with Crippen molar-refractivity contribution in [2.45, 2.75) is 6.54 Å². The molecule has 102 valence electrons. The molecule has 0 unspecified atom stereocenters. The predicted molar refractivity (Wildman–Crippen MR) is 72.1 cm³/mol. The van der Waals surface area contributed by atoms with Crippen LogP contribution in [-0.2, 0) is 6.54 Å². The van der Waals surface area contributed by atoms with Crippen molar-refractivity contribution >= 4 is 5.91 Å². The van der Waals surface area contributed by atoms with Gasteiger partial charge >= 0.3 is 0 Å². The van der Waals surface area contributed by atoms with Gasteiger partial charge in [0.15, 0.2) is 0 Å². The first kappa shape index (κ1) is 13.8. The van der Waals surface area contributed by atoms with Gasteiger partial charge in [-0.2, -0.15) is 0 Å². The van der Waals surface area contributed by atoms with Crippen molar-refractivity contribution < 1.29 is 9.18 Å². The van der Waals surface area contributed by atoms with Gasteiger partial charge in [0.2, 0.25) is 0 Å². The Morgan fingerprint density at radius 3 is 3.00 bits per heavy atom. The normalized spacial score (nSPS) is 9.70. The highest BCUT2D eigenvalue weighted by Crippen LogP contribution is 2.09. The summed E-state index contributed by atoms with van der Waals surface area (Å²) >= 11 is 0. The highest BCUT2D eigenvalue weighted by atomic mass is 19.1. The number of nitrogens with one attached hydrogen (secondary N) is 2. The highest BCUT2D eigenvalue weighted by Gasteiger charge is 2.08. The zero-order valence-electron chi connectivity index (χ0n) is 10.6. The molecule has 0 bridgehead atoms. The Labute approximate surface area is 115 Å². The van der Waals surface area contributed by atoms with E-state index < -0.39 is 5.82 Å². The van der Waals surface area contributed by atoms with Gasteiger partial charge < -0.3 is 16.0 Å². The number of nitrogens with two attached hydrogens (primary N) is 1. The molecule has 2 aromatic rings. The van der Waals surface area contributed by atoms with E-state index in [1.807, 2.05) is 0 Å². The fourth-order valence-corrected chi connectivity index (χ4v) is 1.56. The predicted octanol–water partition coefficient (Wildman–Crippen LogP) is 0.789. The number of amides is 1. The van der Waals surface area contributed by atoms with Crippen molar-refractivity contribution in [2.24, 2.45) is 5.73 Å². The van der Waals surface area contributed by atoms with Crippen LogP contribution in [0.1, 0.15) is 21.6 Å². The first-order chi connectivity index (χ1) is 9.70. The molecule has 0 saturated carbocycles. The summed E-state index contributed by atoms with van der Waals surface area (Å²) in [4.78, 5) is 18.5. The summed E-state index contributed by atoms with van der Waals surface area (Å²) in [5, 5.41) is 2.66. The van der Waals surface area contributed by atoms with Crippen molar-refractivity contribution in [3.63, 3.8) is 0 Å². The number of H-pyrrole nitrogens is 1. The number of nitrogens with zero attached hydrogens (tertiary/aromatic N) is 1. The van der Waals surface area contributed by atoms with Crippen LogP contribution < -0.4 is 11.1 Å². The number of benzene rings is 1. The van der Waals surface area contributed by atoms with Gasteiger partial charge in [-0.1, -0.05) is 11.8 Å². The van der Waals surface area contributed by atoms with Gasteiger partial charge in [-0.15, -0.1) is 0 Å². The number of rotatable bonds is 3. The molecule has 2 rings (SSSR count). The van der Waals surface area contributed by atoms with E-state index in [9.17, 15) is 9.18 Å². The van der Waals surface area contributed by atoms with E-state index in [0.29, 0.717) is 6.54 Å². The van der Waals surface area contributed by atoms with Gasteiger partial charge in [0.05, 0.1) is 30.7 Å². The number of imidazole rings is 1. The van der Waals surface area contributed by atoms with E-state index in [-0.39, 0.29) is 23.6 Å². The largest absolute Gasteiger partial charge is 0.347 e. The zero-order chi connectivity index (χ0) is 14.4. The molecule has 1 aromatic carbocycles. The van der Waals surface area contributed by atoms with E-state index in [1.165, 1.54) is 18.5 Å². The smallest absolute Gasteiger partial charge is 0.251 e. The van der Waals surface area contributed by atoms with Gasteiger partial charge in [0.25, 0.3) is 5.91 Å². The Balaban J connectivity index is 2.05. The first-order valence-electron chi connectivity index (χ1n) is 5.94. The molecule has 0 saturated heterocycles. The summed E-state index contributed by atoms with van der Waals surface area (Å²) in [5.74, 6) is 4.26. The van der Waals surface area contributed by atoms with Crippen LogP contribution in [0.3, 0.4) is 0 Å². The molecule has 0 aliphatic heterocycles. The maximum absolute atomic E-state index is 13.7. The van der Waals surface area contributed by atoms with E-state index in [4.69, 9.17) is 5.73 Å². The van der Waals surface area contributed by atoms with Gasteiger partial charge in [-0.25, -0.2) is 9.37 Å². The molecule has 1 heterocycles. The number of aromatic nitrogens is 2. The van der Waals surface area contributed by atoms with Gasteiger partial charge in [0.1, 0.15) is 5.82 Å². The molecule has 0 fully saturated rings. The lowest BCUT2D eigenvalue weighted by molar-refractivity contribution is 0.0950. The van der Waals surface area contributed by atoms with Crippen molar-refractivity contribution in [3.8, 4) is 11.8 Å². The lowest BCUT2D eigenvalue weighted by Crippen LogP contribution is -2.23. The third kappa shape index (κ3) is 3.43. The number of carbonyl (C=O) groups is 1. The minimum Gasteiger partial charge on any atom is -0.347 e. The van der Waals surface area contributed by atoms with E-state index in [2.05, 4.69) is 27.1 Å². The number of aromatic amines is 1. The second-order valence-electron chi connectivity index (χ2n) is 3.96. The lowest BCUT2D eigenvalue weighted by atomic mass is 10.1. The number of hydrogen-bond acceptors (Lipinski definition) is 3. The molecule has 0 atom stereocenters. The van der Waals surface area contributed by atoms with Gasteiger partial charge in [0, 0.05) is 11.8 Å². The van der Waals surface area contributed by atoms with Crippen LogP contribution in [0.4, 0.5) is 4.39 Å². The molecule has 6 heteroatoms. The van der Waals surface area contributed by atoms with Gasteiger partial charge in [-0.05, 0) is 18.2 Å². The summed E-state index contributed by atoms with van der Waals surface area (Å²) in [6.07, 6.45) is 3.12. The van der Waals surface area contributed by atoms with Crippen LogP contribution in [0.5, 0.6) is 0 Å².